The molecule has 1 aromatic heterocycles. The Morgan fingerprint density at radius 3 is 2.73 bits per heavy atom. The molecule has 1 aromatic carbocycles. The lowest BCUT2D eigenvalue weighted by Gasteiger charge is -2.04. The van der Waals surface area contributed by atoms with Crippen LogP contribution in [0.3, 0.4) is 0 Å². The van der Waals surface area contributed by atoms with Crippen LogP contribution in [0.5, 0.6) is 0 Å². The van der Waals surface area contributed by atoms with E-state index in [1.165, 1.54) is 6.26 Å². The summed E-state index contributed by atoms with van der Waals surface area (Å²) in [6.07, 6.45) is 1.28. The molecule has 0 atom stereocenters. The van der Waals surface area contributed by atoms with Crippen molar-refractivity contribution in [2.75, 3.05) is 0 Å². The van der Waals surface area contributed by atoms with Gasteiger partial charge >= 0.3 is 5.97 Å². The van der Waals surface area contributed by atoms with Gasteiger partial charge in [0.15, 0.2) is 0 Å². The summed E-state index contributed by atoms with van der Waals surface area (Å²) in [6, 6.07) is 1.83. The van der Waals surface area contributed by atoms with E-state index in [0.29, 0.717) is 11.0 Å². The number of hydrogen-bond acceptors (Lipinski definition) is 2. The number of carboxylic acids is 1. The van der Waals surface area contributed by atoms with Crippen molar-refractivity contribution in [1.29, 1.82) is 0 Å². The molecule has 0 spiro atoms. The molecule has 3 nitrogen and oxygen atoms in total. The van der Waals surface area contributed by atoms with Crippen LogP contribution < -0.4 is 0 Å². The zero-order chi connectivity index (χ0) is 11.2. The highest BCUT2D eigenvalue weighted by molar-refractivity contribution is 9.10. The van der Waals surface area contributed by atoms with E-state index < -0.39 is 5.97 Å². The number of halogens is 1. The highest BCUT2D eigenvalue weighted by Crippen LogP contribution is 2.32. The van der Waals surface area contributed by atoms with Gasteiger partial charge in [0.25, 0.3) is 0 Å². The number of carboxylic acid groups (broad SMARTS) is 1. The fourth-order valence-electron chi connectivity index (χ4n) is 1.69. The van der Waals surface area contributed by atoms with Crippen molar-refractivity contribution in [3.05, 3.63) is 33.5 Å². The molecule has 0 saturated heterocycles. The number of furan rings is 1. The summed E-state index contributed by atoms with van der Waals surface area (Å²) in [5, 5.41) is 9.65. The zero-order valence-corrected chi connectivity index (χ0v) is 9.88. The van der Waals surface area contributed by atoms with Crippen molar-refractivity contribution in [2.45, 2.75) is 13.8 Å². The van der Waals surface area contributed by atoms with Gasteiger partial charge < -0.3 is 9.52 Å². The first-order valence-electron chi connectivity index (χ1n) is 4.42. The molecule has 2 aromatic rings. The number of fused-ring (bicyclic) bond motifs is 1. The van der Waals surface area contributed by atoms with E-state index in [4.69, 9.17) is 9.52 Å². The van der Waals surface area contributed by atoms with Gasteiger partial charge in [-0.15, -0.1) is 0 Å². The molecule has 15 heavy (non-hydrogen) atoms. The summed E-state index contributed by atoms with van der Waals surface area (Å²) in [5.41, 5.74) is 2.76. The smallest absolute Gasteiger partial charge is 0.339 e. The number of aryl methyl sites for hydroxylation is 2. The molecule has 0 saturated carbocycles. The standard InChI is InChI=1S/C11H9BrO3/c1-5-3-8-9(6(2)10(5)12)7(4-15-8)11(13)14/h3-4H,1-2H3,(H,13,14). The lowest BCUT2D eigenvalue weighted by molar-refractivity contribution is 0.0698. The summed E-state index contributed by atoms with van der Waals surface area (Å²) in [7, 11) is 0. The Morgan fingerprint density at radius 2 is 2.13 bits per heavy atom. The fraction of sp³-hybridized carbons (Fsp3) is 0.182. The predicted octanol–water partition coefficient (Wildman–Crippen LogP) is 3.51. The van der Waals surface area contributed by atoms with Gasteiger partial charge in [0.1, 0.15) is 17.4 Å². The van der Waals surface area contributed by atoms with Gasteiger partial charge in [-0.2, -0.15) is 0 Å². The number of rotatable bonds is 1. The average Bonchev–Trinajstić information content (AvgIpc) is 2.58. The third-order valence-corrected chi connectivity index (χ3v) is 3.67. The van der Waals surface area contributed by atoms with Crippen LogP contribution in [0.4, 0.5) is 0 Å². The molecule has 0 fully saturated rings. The second-order valence-electron chi connectivity index (χ2n) is 3.46. The Bertz CT molecular complexity index is 554. The highest BCUT2D eigenvalue weighted by Gasteiger charge is 2.17. The molecule has 0 unspecified atom stereocenters. The topological polar surface area (TPSA) is 50.4 Å². The molecule has 78 valence electrons. The van der Waals surface area contributed by atoms with Crippen molar-refractivity contribution in [1.82, 2.24) is 0 Å². The summed E-state index contributed by atoms with van der Waals surface area (Å²) >= 11 is 3.43. The molecule has 0 aliphatic heterocycles. The van der Waals surface area contributed by atoms with Gasteiger partial charge in [-0.1, -0.05) is 15.9 Å². The van der Waals surface area contributed by atoms with Crippen LogP contribution in [0.25, 0.3) is 11.0 Å². The van der Waals surface area contributed by atoms with Crippen LogP contribution in [-0.2, 0) is 0 Å². The van der Waals surface area contributed by atoms with E-state index in [0.717, 1.165) is 15.6 Å². The largest absolute Gasteiger partial charge is 0.478 e. The highest BCUT2D eigenvalue weighted by atomic mass is 79.9. The quantitative estimate of drug-likeness (QED) is 0.861. The molecule has 0 radical (unpaired) electrons. The monoisotopic (exact) mass is 268 g/mol. The fourth-order valence-corrected chi connectivity index (χ4v) is 2.00. The van der Waals surface area contributed by atoms with Gasteiger partial charge in [-0.3, -0.25) is 0 Å². The maximum absolute atomic E-state index is 10.9. The molecular formula is C11H9BrO3. The van der Waals surface area contributed by atoms with E-state index in [1.54, 1.807) is 0 Å². The van der Waals surface area contributed by atoms with Crippen molar-refractivity contribution in [3.8, 4) is 0 Å². The first-order chi connectivity index (χ1) is 7.02. The Morgan fingerprint density at radius 1 is 1.47 bits per heavy atom. The van der Waals surface area contributed by atoms with Gasteiger partial charge in [0.05, 0.1) is 0 Å². The van der Waals surface area contributed by atoms with Crippen LogP contribution in [0, 0.1) is 13.8 Å². The van der Waals surface area contributed by atoms with E-state index >= 15 is 0 Å². The molecule has 1 heterocycles. The number of aromatic carboxylic acids is 1. The Kier molecular flexibility index (Phi) is 2.31. The van der Waals surface area contributed by atoms with E-state index in [9.17, 15) is 4.79 Å². The number of carbonyl (C=O) groups is 1. The Balaban J connectivity index is 2.91. The first-order valence-corrected chi connectivity index (χ1v) is 5.22. The molecular weight excluding hydrogens is 260 g/mol. The molecule has 4 heteroatoms. The van der Waals surface area contributed by atoms with Gasteiger partial charge in [0, 0.05) is 9.86 Å². The van der Waals surface area contributed by atoms with Crippen LogP contribution in [0.1, 0.15) is 21.5 Å². The molecule has 2 rings (SSSR count). The van der Waals surface area contributed by atoms with Crippen LogP contribution in [0.2, 0.25) is 0 Å². The third kappa shape index (κ3) is 1.45. The molecule has 0 aliphatic carbocycles. The van der Waals surface area contributed by atoms with Crippen LogP contribution in [-0.4, -0.2) is 11.1 Å². The molecule has 0 aliphatic rings. The first kappa shape index (κ1) is 10.2. The van der Waals surface area contributed by atoms with E-state index in [-0.39, 0.29) is 5.56 Å². The maximum Gasteiger partial charge on any atom is 0.339 e. The van der Waals surface area contributed by atoms with Gasteiger partial charge in [-0.05, 0) is 31.0 Å². The SMILES string of the molecule is Cc1cc2occ(C(=O)O)c2c(C)c1Br. The van der Waals surface area contributed by atoms with Crippen LogP contribution in [0.15, 0.2) is 21.2 Å². The minimum absolute atomic E-state index is 0.211. The molecule has 0 amide bonds. The lowest BCUT2D eigenvalue weighted by Crippen LogP contribution is -1.95. The second-order valence-corrected chi connectivity index (χ2v) is 4.25. The zero-order valence-electron chi connectivity index (χ0n) is 8.30. The maximum atomic E-state index is 10.9. The molecule has 1 N–H and O–H groups in total. The van der Waals surface area contributed by atoms with Crippen molar-refractivity contribution in [2.24, 2.45) is 0 Å². The molecule has 0 bridgehead atoms. The van der Waals surface area contributed by atoms with Crippen molar-refractivity contribution >= 4 is 32.9 Å². The number of hydrogen-bond donors (Lipinski definition) is 1. The normalized spacial score (nSPS) is 10.9. The summed E-state index contributed by atoms with van der Waals surface area (Å²) in [6.45, 7) is 3.82. The predicted molar refractivity (Wildman–Crippen MR) is 60.3 cm³/mol. The van der Waals surface area contributed by atoms with E-state index in [1.807, 2.05) is 19.9 Å². The summed E-state index contributed by atoms with van der Waals surface area (Å²) < 4.78 is 6.15. The average molecular weight is 269 g/mol. The Hall–Kier alpha value is -1.29. The van der Waals surface area contributed by atoms with Crippen LogP contribution >= 0.6 is 15.9 Å². The summed E-state index contributed by atoms with van der Waals surface area (Å²) in [5.74, 6) is -0.965. The second kappa shape index (κ2) is 3.38. The van der Waals surface area contributed by atoms with Crippen molar-refractivity contribution in [3.63, 3.8) is 0 Å². The van der Waals surface area contributed by atoms with E-state index in [2.05, 4.69) is 15.9 Å². The minimum Gasteiger partial charge on any atom is -0.478 e. The summed E-state index contributed by atoms with van der Waals surface area (Å²) in [4.78, 5) is 10.9. The lowest BCUT2D eigenvalue weighted by atomic mass is 10.0. The van der Waals surface area contributed by atoms with Gasteiger partial charge in [-0.25, -0.2) is 4.79 Å². The Labute approximate surface area is 94.8 Å². The third-order valence-electron chi connectivity index (χ3n) is 2.45. The van der Waals surface area contributed by atoms with Crippen molar-refractivity contribution < 1.29 is 14.3 Å². The number of benzene rings is 1. The van der Waals surface area contributed by atoms with Gasteiger partial charge in [0.2, 0.25) is 0 Å². The minimum atomic E-state index is -0.965.